The summed E-state index contributed by atoms with van der Waals surface area (Å²) in [4.78, 5) is 23.7. The van der Waals surface area contributed by atoms with Gasteiger partial charge in [-0.2, -0.15) is 0 Å². The van der Waals surface area contributed by atoms with E-state index in [2.05, 4.69) is 15.0 Å². The van der Waals surface area contributed by atoms with E-state index in [-0.39, 0.29) is 32.1 Å². The van der Waals surface area contributed by atoms with Gasteiger partial charge in [-0.3, -0.25) is 4.52 Å². The van der Waals surface area contributed by atoms with Gasteiger partial charge in [0.05, 0.1) is 25.1 Å². The topological polar surface area (TPSA) is 142 Å². The standard InChI is InChI=1S/C16H26N5O7P/c1-11(2)28-16(22)24-9-27-29(26-8-23-4)10-25-12(3)5-21-7-20-13-14(17)18-6-19-15(13)21/h6-7,11-12H,5,8-10H2,1-4H3,(H2,17,18,19). The van der Waals surface area contributed by atoms with Crippen molar-refractivity contribution in [3.63, 3.8) is 0 Å². The van der Waals surface area contributed by atoms with Crippen LogP contribution in [0.25, 0.3) is 11.2 Å². The molecule has 0 aliphatic heterocycles. The van der Waals surface area contributed by atoms with Crippen molar-refractivity contribution in [1.29, 1.82) is 0 Å². The van der Waals surface area contributed by atoms with Crippen molar-refractivity contribution in [2.45, 2.75) is 39.5 Å². The number of methoxy groups -OCH3 is 1. The first-order chi connectivity index (χ1) is 13.9. The van der Waals surface area contributed by atoms with Gasteiger partial charge in [0.2, 0.25) is 15.2 Å². The third-order valence-electron chi connectivity index (χ3n) is 3.37. The Kier molecular flexibility index (Phi) is 9.42. The molecule has 12 nitrogen and oxygen atoms in total. The summed E-state index contributed by atoms with van der Waals surface area (Å²) in [6.45, 7) is 5.50. The maximum atomic E-state index is 11.4. The second-order valence-electron chi connectivity index (χ2n) is 6.11. The van der Waals surface area contributed by atoms with Crippen molar-refractivity contribution < 1.29 is 32.8 Å². The summed E-state index contributed by atoms with van der Waals surface area (Å²) in [5.41, 5.74) is 6.96. The molecular formula is C16H26N5O7P. The van der Waals surface area contributed by atoms with Gasteiger partial charge in [-0.25, -0.2) is 19.7 Å². The quantitative estimate of drug-likeness (QED) is 0.300. The van der Waals surface area contributed by atoms with Gasteiger partial charge in [-0.1, -0.05) is 0 Å². The lowest BCUT2D eigenvalue weighted by Gasteiger charge is -2.20. The molecule has 29 heavy (non-hydrogen) atoms. The lowest BCUT2D eigenvalue weighted by Crippen LogP contribution is -2.18. The number of hydrogen-bond acceptors (Lipinski definition) is 11. The molecule has 0 aliphatic rings. The zero-order valence-electron chi connectivity index (χ0n) is 16.8. The fourth-order valence-corrected chi connectivity index (χ4v) is 3.13. The van der Waals surface area contributed by atoms with E-state index >= 15 is 0 Å². The Labute approximate surface area is 169 Å². The molecule has 0 saturated carbocycles. The first-order valence-electron chi connectivity index (χ1n) is 8.79. The van der Waals surface area contributed by atoms with Gasteiger partial charge in [0.15, 0.2) is 18.3 Å². The number of imidazole rings is 1. The van der Waals surface area contributed by atoms with Gasteiger partial charge in [0.25, 0.3) is 0 Å². The van der Waals surface area contributed by atoms with Crippen LogP contribution in [0.1, 0.15) is 20.8 Å². The van der Waals surface area contributed by atoms with E-state index in [1.54, 1.807) is 20.2 Å². The minimum absolute atomic E-state index is 0.0161. The minimum atomic E-state index is -1.50. The van der Waals surface area contributed by atoms with Crippen LogP contribution in [0.15, 0.2) is 12.7 Å². The number of anilines is 1. The van der Waals surface area contributed by atoms with E-state index in [0.29, 0.717) is 23.5 Å². The number of fused-ring (bicyclic) bond motifs is 1. The SMILES string of the molecule is COCOP(COC(C)Cn1cnc2c(N)ncnc21)OCOC(=O)OC(C)C. The zero-order chi connectivity index (χ0) is 21.2. The largest absolute Gasteiger partial charge is 0.510 e. The molecule has 2 unspecified atom stereocenters. The molecule has 2 rings (SSSR count). The summed E-state index contributed by atoms with van der Waals surface area (Å²) in [7, 11) is -0.0122. The van der Waals surface area contributed by atoms with E-state index in [4.69, 9.17) is 33.7 Å². The smallest absolute Gasteiger partial charge is 0.432 e. The zero-order valence-corrected chi connectivity index (χ0v) is 17.7. The van der Waals surface area contributed by atoms with Crippen LogP contribution < -0.4 is 5.73 Å². The van der Waals surface area contributed by atoms with Crippen LogP contribution in [0.5, 0.6) is 0 Å². The molecule has 0 amide bonds. The molecular weight excluding hydrogens is 405 g/mol. The van der Waals surface area contributed by atoms with Crippen LogP contribution in [0.2, 0.25) is 0 Å². The number of nitrogens with two attached hydrogens (primary N) is 1. The van der Waals surface area contributed by atoms with E-state index in [1.165, 1.54) is 13.4 Å². The van der Waals surface area contributed by atoms with Crippen molar-refractivity contribution in [2.24, 2.45) is 0 Å². The molecule has 0 bridgehead atoms. The minimum Gasteiger partial charge on any atom is -0.432 e. The number of carbonyl (C=O) groups is 1. The molecule has 2 atom stereocenters. The van der Waals surface area contributed by atoms with Crippen molar-refractivity contribution in [1.82, 2.24) is 19.5 Å². The van der Waals surface area contributed by atoms with Gasteiger partial charge in [0.1, 0.15) is 18.2 Å². The number of rotatable bonds is 12. The van der Waals surface area contributed by atoms with E-state index < -0.39 is 14.5 Å². The molecule has 0 fully saturated rings. The molecule has 2 aromatic heterocycles. The maximum Gasteiger partial charge on any atom is 0.510 e. The summed E-state index contributed by atoms with van der Waals surface area (Å²) >= 11 is 0. The Hall–Kier alpha value is -2.11. The van der Waals surface area contributed by atoms with Crippen LogP contribution in [0, 0.1) is 0 Å². The van der Waals surface area contributed by atoms with Crippen LogP contribution in [0.4, 0.5) is 10.6 Å². The van der Waals surface area contributed by atoms with E-state index in [1.807, 2.05) is 11.5 Å². The lowest BCUT2D eigenvalue weighted by molar-refractivity contribution is -0.0207. The average Bonchev–Trinajstić information content (AvgIpc) is 3.07. The third kappa shape index (κ3) is 7.67. The van der Waals surface area contributed by atoms with Crippen LogP contribution in [-0.4, -0.2) is 64.9 Å². The predicted molar refractivity (Wildman–Crippen MR) is 104 cm³/mol. The molecule has 13 heteroatoms. The van der Waals surface area contributed by atoms with Gasteiger partial charge < -0.3 is 33.8 Å². The molecule has 2 N–H and O–H groups in total. The second kappa shape index (κ2) is 11.8. The van der Waals surface area contributed by atoms with Crippen molar-refractivity contribution >= 4 is 31.5 Å². The average molecular weight is 431 g/mol. The molecule has 0 radical (unpaired) electrons. The monoisotopic (exact) mass is 431 g/mol. The van der Waals surface area contributed by atoms with Crippen LogP contribution >= 0.6 is 8.38 Å². The van der Waals surface area contributed by atoms with Crippen LogP contribution in [0.3, 0.4) is 0 Å². The summed E-state index contributed by atoms with van der Waals surface area (Å²) in [5, 5.41) is 0. The van der Waals surface area contributed by atoms with Crippen molar-refractivity contribution in [2.75, 3.05) is 32.8 Å². The number of nitrogens with zero attached hydrogens (tertiary/aromatic N) is 4. The van der Waals surface area contributed by atoms with Crippen molar-refractivity contribution in [3.05, 3.63) is 12.7 Å². The number of aromatic nitrogens is 4. The number of carbonyl (C=O) groups excluding carboxylic acids is 1. The Bertz CT molecular complexity index is 775. The van der Waals surface area contributed by atoms with Gasteiger partial charge in [0, 0.05) is 7.11 Å². The van der Waals surface area contributed by atoms with E-state index in [9.17, 15) is 4.79 Å². The highest BCUT2D eigenvalue weighted by Gasteiger charge is 2.17. The summed E-state index contributed by atoms with van der Waals surface area (Å²) in [5.74, 6) is 0.322. The van der Waals surface area contributed by atoms with Gasteiger partial charge in [-0.15, -0.1) is 0 Å². The molecule has 2 aromatic rings. The summed E-state index contributed by atoms with van der Waals surface area (Å²) in [6.07, 6.45) is 1.85. The fourth-order valence-electron chi connectivity index (χ4n) is 2.13. The highest BCUT2D eigenvalue weighted by molar-refractivity contribution is 7.47. The molecule has 2 heterocycles. The lowest BCUT2D eigenvalue weighted by atomic mass is 10.4. The number of nitrogen functional groups attached to an aromatic ring is 1. The normalized spacial score (nSPS) is 13.6. The number of hydrogen-bond donors (Lipinski definition) is 1. The highest BCUT2D eigenvalue weighted by Crippen LogP contribution is 2.38. The van der Waals surface area contributed by atoms with E-state index in [0.717, 1.165) is 0 Å². The number of ether oxygens (including phenoxy) is 4. The molecule has 0 aliphatic carbocycles. The fraction of sp³-hybridized carbons (Fsp3) is 0.625. The predicted octanol–water partition coefficient (Wildman–Crippen LogP) is 2.24. The first kappa shape index (κ1) is 23.2. The summed E-state index contributed by atoms with van der Waals surface area (Å²) < 4.78 is 33.1. The van der Waals surface area contributed by atoms with Crippen LogP contribution in [-0.2, 0) is 34.5 Å². The Balaban J connectivity index is 1.82. The van der Waals surface area contributed by atoms with Crippen molar-refractivity contribution in [3.8, 4) is 0 Å². The Morgan fingerprint density at radius 3 is 2.69 bits per heavy atom. The first-order valence-corrected chi connectivity index (χ1v) is 10.2. The molecule has 162 valence electrons. The van der Waals surface area contributed by atoms with Gasteiger partial charge in [-0.05, 0) is 20.8 Å². The Morgan fingerprint density at radius 1 is 1.21 bits per heavy atom. The Morgan fingerprint density at radius 2 is 1.97 bits per heavy atom. The summed E-state index contributed by atoms with van der Waals surface area (Å²) in [6, 6.07) is 0. The highest BCUT2D eigenvalue weighted by atomic mass is 31.2. The van der Waals surface area contributed by atoms with Gasteiger partial charge >= 0.3 is 6.16 Å². The molecule has 0 saturated heterocycles. The maximum absolute atomic E-state index is 11.4. The second-order valence-corrected chi connectivity index (χ2v) is 7.55. The third-order valence-corrected chi connectivity index (χ3v) is 4.51. The molecule has 0 aromatic carbocycles. The molecule has 0 spiro atoms.